The van der Waals surface area contributed by atoms with E-state index in [9.17, 15) is 28.6 Å². The molecule has 18 nitrogen and oxygen atoms in total. The summed E-state index contributed by atoms with van der Waals surface area (Å²) in [5.74, 6) is -0.0290. The molecule has 0 aromatic carbocycles. The van der Waals surface area contributed by atoms with E-state index >= 15 is 4.39 Å². The summed E-state index contributed by atoms with van der Waals surface area (Å²) in [4.78, 5) is 43.4. The van der Waals surface area contributed by atoms with Crippen molar-refractivity contribution in [3.63, 3.8) is 0 Å². The van der Waals surface area contributed by atoms with E-state index in [1.807, 2.05) is 0 Å². The van der Waals surface area contributed by atoms with Gasteiger partial charge in [0.1, 0.15) is 23.4 Å². The molecule has 0 amide bonds. The number of hydrogen-bond donors (Lipinski definition) is 6. The van der Waals surface area contributed by atoms with Crippen molar-refractivity contribution in [1.82, 2.24) is 4.90 Å². The average Bonchev–Trinajstić information content (AvgIpc) is 2.90. The fraction of sp³-hybridized carbons (Fsp3) is 0.583. The van der Waals surface area contributed by atoms with Crippen molar-refractivity contribution in [1.29, 1.82) is 0 Å². The quantitative estimate of drug-likeness (QED) is 0.0931. The lowest BCUT2D eigenvalue weighted by Gasteiger charge is -2.33. The topological polar surface area (TPSA) is 280 Å². The van der Waals surface area contributed by atoms with Gasteiger partial charge in [-0.1, -0.05) is 11.7 Å². The number of rotatable bonds is 10. The van der Waals surface area contributed by atoms with Gasteiger partial charge in [0.05, 0.1) is 13.2 Å². The highest BCUT2D eigenvalue weighted by Gasteiger charge is 2.58. The van der Waals surface area contributed by atoms with Gasteiger partial charge in [-0.15, -0.1) is 0 Å². The molecule has 1 fully saturated rings. The van der Waals surface area contributed by atoms with Crippen LogP contribution in [0.4, 0.5) is 4.39 Å². The van der Waals surface area contributed by atoms with E-state index in [-0.39, 0.29) is 11.7 Å². The molecule has 0 bridgehead atoms. The molecule has 0 spiro atoms. The Balaban J connectivity index is 2.28. The molecule has 6 atom stereocenters. The maximum Gasteiger partial charge on any atom is 0.490 e. The minimum absolute atomic E-state index is 0.0724. The molecular formula is C12H20FN6O12P3. The zero-order chi connectivity index (χ0) is 26.1. The van der Waals surface area contributed by atoms with Crippen LogP contribution in [-0.2, 0) is 31.6 Å². The zero-order valence-corrected chi connectivity index (χ0v) is 19.7. The van der Waals surface area contributed by atoms with Gasteiger partial charge in [0.15, 0.2) is 12.4 Å². The van der Waals surface area contributed by atoms with Crippen molar-refractivity contribution in [2.75, 3.05) is 13.2 Å². The highest BCUT2D eigenvalue weighted by atomic mass is 31.3. The summed E-state index contributed by atoms with van der Waals surface area (Å²) in [6, 6.07) is 0. The normalized spacial score (nSPS) is 31.2. The first kappa shape index (κ1) is 28.6. The monoisotopic (exact) mass is 552 g/mol. The van der Waals surface area contributed by atoms with Crippen LogP contribution in [0.25, 0.3) is 10.4 Å². The fourth-order valence-electron chi connectivity index (χ4n) is 2.83. The van der Waals surface area contributed by atoms with E-state index in [0.717, 1.165) is 4.90 Å². The first-order valence-corrected chi connectivity index (χ1v) is 13.2. The summed E-state index contributed by atoms with van der Waals surface area (Å²) in [7, 11) is -17.1. The van der Waals surface area contributed by atoms with Crippen molar-refractivity contribution < 1.29 is 60.6 Å². The number of aliphatic hydroxyl groups excluding tert-OH is 1. The van der Waals surface area contributed by atoms with Crippen LogP contribution in [0.1, 0.15) is 6.92 Å². The minimum Gasteiger partial charge on any atom is -0.387 e. The number of aliphatic imine (C=N–C) groups is 1. The number of ether oxygens (including phenoxy) is 1. The molecule has 2 aliphatic rings. The van der Waals surface area contributed by atoms with Crippen LogP contribution in [0.3, 0.4) is 0 Å². The third kappa shape index (κ3) is 6.93. The van der Waals surface area contributed by atoms with Crippen LogP contribution in [0, 0.1) is 0 Å². The maximum atomic E-state index is 15.1. The Morgan fingerprint density at radius 3 is 2.53 bits per heavy atom. The predicted octanol–water partition coefficient (Wildman–Crippen LogP) is 0.482. The number of aliphatic hydroxyl groups is 1. The van der Waals surface area contributed by atoms with Crippen molar-refractivity contribution in [3.8, 4) is 0 Å². The largest absolute Gasteiger partial charge is 0.490 e. The van der Waals surface area contributed by atoms with Gasteiger partial charge in [-0.3, -0.25) is 4.52 Å². The summed E-state index contributed by atoms with van der Waals surface area (Å²) in [5.41, 5.74) is 12.3. The molecule has 0 saturated carbocycles. The Labute approximate surface area is 190 Å². The number of amidine groups is 1. The second-order valence-corrected chi connectivity index (χ2v) is 11.3. The lowest BCUT2D eigenvalue weighted by Crippen LogP contribution is -2.48. The molecule has 2 rings (SSSR count). The summed E-state index contributed by atoms with van der Waals surface area (Å²) >= 11 is 0. The van der Waals surface area contributed by atoms with Gasteiger partial charge in [0.25, 0.3) is 0 Å². The predicted molar refractivity (Wildman–Crippen MR) is 109 cm³/mol. The molecule has 0 aromatic rings. The highest BCUT2D eigenvalue weighted by molar-refractivity contribution is 7.66. The number of nitrogens with zero attached hydrogens (tertiary/aromatic N) is 5. The van der Waals surface area contributed by atoms with Crippen molar-refractivity contribution in [2.45, 2.75) is 31.0 Å². The van der Waals surface area contributed by atoms with Crippen LogP contribution < -0.4 is 5.73 Å². The lowest BCUT2D eigenvalue weighted by molar-refractivity contribution is -0.126. The Bertz CT molecular complexity index is 1090. The van der Waals surface area contributed by atoms with E-state index in [4.69, 9.17) is 25.8 Å². The number of nitrogens with two attached hydrogens (primary N) is 1. The van der Waals surface area contributed by atoms with E-state index in [1.165, 1.54) is 13.1 Å². The Morgan fingerprint density at radius 1 is 1.35 bits per heavy atom. The number of hydrogen-bond acceptors (Lipinski definition) is 12. The standard InChI is InChI=1S/C12H20FN6O12P3/c1-6-3-19(7(2)17-10(6)14)11-8(13)9(20)12(29-11,4-16-18-15)5-28-33(24,25)31-34(26,27)30-32(21,22)23/h3,8-9,11,20H,2,4-5H2,1H3,(H2,14,17)(H,24,25)(H,26,27)(H2,21,22,23)/t8-,9+,11-,12-/m1/s1. The van der Waals surface area contributed by atoms with Gasteiger partial charge in [0.2, 0.25) is 0 Å². The smallest absolute Gasteiger partial charge is 0.387 e. The van der Waals surface area contributed by atoms with Gasteiger partial charge in [0, 0.05) is 16.7 Å². The van der Waals surface area contributed by atoms with Crippen LogP contribution in [0.2, 0.25) is 0 Å². The molecule has 0 aromatic heterocycles. The summed E-state index contributed by atoms with van der Waals surface area (Å²) < 4.78 is 66.4. The van der Waals surface area contributed by atoms with Gasteiger partial charge in [-0.2, -0.15) is 8.62 Å². The van der Waals surface area contributed by atoms with Gasteiger partial charge in [-0.25, -0.2) is 23.1 Å². The zero-order valence-electron chi connectivity index (χ0n) is 17.1. The van der Waals surface area contributed by atoms with Crippen molar-refractivity contribution in [3.05, 3.63) is 34.6 Å². The van der Waals surface area contributed by atoms with E-state index in [1.54, 1.807) is 0 Å². The molecule has 2 unspecified atom stereocenters. The molecule has 34 heavy (non-hydrogen) atoms. The molecule has 22 heteroatoms. The second kappa shape index (κ2) is 10.1. The summed E-state index contributed by atoms with van der Waals surface area (Å²) in [6.45, 7) is 2.96. The van der Waals surface area contributed by atoms with E-state index < -0.39 is 60.7 Å². The molecule has 2 aliphatic heterocycles. The number of halogens is 1. The molecule has 2 heterocycles. The number of alkyl halides is 1. The molecule has 1 saturated heterocycles. The third-order valence-corrected chi connectivity index (χ3v) is 8.10. The van der Waals surface area contributed by atoms with E-state index in [2.05, 4.69) is 34.7 Å². The van der Waals surface area contributed by atoms with E-state index in [0.29, 0.717) is 5.57 Å². The molecule has 192 valence electrons. The SMILES string of the molecule is C=C1N=C(N)C(C)=CN1[C@@H]1O[C@](CN=[N+]=[N-])(COP(=O)(O)OP(=O)(O)OP(=O)(O)O)[C@@H](O)[C@H]1F. The molecule has 7 N–H and O–H groups in total. The number of phosphoric acid groups is 3. The molecule has 0 radical (unpaired) electrons. The first-order valence-electron chi connectivity index (χ1n) is 8.71. The van der Waals surface area contributed by atoms with Crippen LogP contribution in [-0.4, -0.2) is 72.7 Å². The molecule has 0 aliphatic carbocycles. The Morgan fingerprint density at radius 2 is 1.97 bits per heavy atom. The van der Waals surface area contributed by atoms with Gasteiger partial charge < -0.3 is 40.1 Å². The second-order valence-electron chi connectivity index (χ2n) is 6.85. The highest BCUT2D eigenvalue weighted by Crippen LogP contribution is 2.66. The number of phosphoric ester groups is 1. The summed E-state index contributed by atoms with van der Waals surface area (Å²) in [5, 5.41) is 13.6. The van der Waals surface area contributed by atoms with Crippen molar-refractivity contribution >= 4 is 29.3 Å². The van der Waals surface area contributed by atoms with Crippen molar-refractivity contribution in [2.24, 2.45) is 15.8 Å². The number of azide groups is 1. The van der Waals surface area contributed by atoms with Crippen LogP contribution in [0.5, 0.6) is 0 Å². The minimum atomic E-state index is -5.84. The first-order chi connectivity index (χ1) is 15.4. The van der Waals surface area contributed by atoms with Crippen LogP contribution >= 0.6 is 23.5 Å². The fourth-order valence-corrected chi connectivity index (χ4v) is 5.90. The summed E-state index contributed by atoms with van der Waals surface area (Å²) in [6.07, 6.45) is -4.82. The third-order valence-electron chi connectivity index (χ3n) is 4.32. The van der Waals surface area contributed by atoms with Gasteiger partial charge in [-0.05, 0) is 12.5 Å². The van der Waals surface area contributed by atoms with Gasteiger partial charge >= 0.3 is 23.5 Å². The maximum absolute atomic E-state index is 15.1. The Hall–Kier alpha value is -1.68. The van der Waals surface area contributed by atoms with Crippen LogP contribution in [0.15, 0.2) is 34.3 Å². The average molecular weight is 552 g/mol. The Kier molecular flexibility index (Phi) is 8.51. The molecular weight excluding hydrogens is 532 g/mol. The lowest BCUT2D eigenvalue weighted by atomic mass is 9.97.